The van der Waals surface area contributed by atoms with Crippen LogP contribution in [0, 0.1) is 0 Å². The molecule has 0 aliphatic carbocycles. The summed E-state index contributed by atoms with van der Waals surface area (Å²) in [5.41, 5.74) is 4.63. The number of hydrogen-bond acceptors (Lipinski definition) is 1. The monoisotopic (exact) mass is 161 g/mol. The lowest BCUT2D eigenvalue weighted by atomic mass is 9.94. The standard InChI is InChI=1S/C11H15N/c1-2-9-4-3-5-10-8-12-7-6-11(9)10/h3-5,12H,2,6-8H2,1H3. The van der Waals surface area contributed by atoms with Crippen molar-refractivity contribution in [2.75, 3.05) is 6.54 Å². The van der Waals surface area contributed by atoms with Crippen LogP contribution < -0.4 is 5.32 Å². The predicted molar refractivity (Wildman–Crippen MR) is 51.2 cm³/mol. The van der Waals surface area contributed by atoms with Crippen LogP contribution in [0.1, 0.15) is 23.6 Å². The van der Waals surface area contributed by atoms with E-state index in [2.05, 4.69) is 30.4 Å². The van der Waals surface area contributed by atoms with Gasteiger partial charge in [-0.15, -0.1) is 0 Å². The predicted octanol–water partition coefficient (Wildman–Crippen LogP) is 1.89. The molecule has 64 valence electrons. The summed E-state index contributed by atoms with van der Waals surface area (Å²) in [6.07, 6.45) is 2.38. The maximum atomic E-state index is 3.39. The molecule has 1 aromatic carbocycles. The molecule has 0 spiro atoms. The number of aryl methyl sites for hydroxylation is 1. The van der Waals surface area contributed by atoms with Crippen molar-refractivity contribution in [3.63, 3.8) is 0 Å². The molecule has 0 saturated carbocycles. The van der Waals surface area contributed by atoms with Crippen molar-refractivity contribution in [3.05, 3.63) is 34.9 Å². The van der Waals surface area contributed by atoms with Gasteiger partial charge in [0.05, 0.1) is 0 Å². The van der Waals surface area contributed by atoms with E-state index in [-0.39, 0.29) is 0 Å². The van der Waals surface area contributed by atoms with E-state index in [1.165, 1.54) is 24.0 Å². The first-order valence-corrected chi connectivity index (χ1v) is 4.72. The maximum absolute atomic E-state index is 3.39. The van der Waals surface area contributed by atoms with Crippen molar-refractivity contribution in [1.29, 1.82) is 0 Å². The summed E-state index contributed by atoms with van der Waals surface area (Å²) < 4.78 is 0. The third-order valence-electron chi connectivity index (χ3n) is 2.62. The molecule has 0 radical (unpaired) electrons. The molecule has 1 aliphatic rings. The lowest BCUT2D eigenvalue weighted by molar-refractivity contribution is 0.639. The molecule has 1 nitrogen and oxygen atoms in total. The highest BCUT2D eigenvalue weighted by Gasteiger charge is 2.10. The SMILES string of the molecule is CCc1cccc2c1CCNC2. The highest BCUT2D eigenvalue weighted by atomic mass is 14.9. The molecule has 0 amide bonds. The van der Waals surface area contributed by atoms with Crippen molar-refractivity contribution < 1.29 is 0 Å². The Morgan fingerprint density at radius 2 is 2.33 bits per heavy atom. The molecule has 1 aromatic rings. The van der Waals surface area contributed by atoms with Crippen LogP contribution in [0.4, 0.5) is 0 Å². The summed E-state index contributed by atoms with van der Waals surface area (Å²) >= 11 is 0. The van der Waals surface area contributed by atoms with Gasteiger partial charge in [0, 0.05) is 6.54 Å². The molecule has 1 heterocycles. The Balaban J connectivity index is 2.44. The van der Waals surface area contributed by atoms with E-state index in [0.717, 1.165) is 13.1 Å². The van der Waals surface area contributed by atoms with Crippen molar-refractivity contribution in [1.82, 2.24) is 5.32 Å². The molecule has 0 atom stereocenters. The van der Waals surface area contributed by atoms with Gasteiger partial charge >= 0.3 is 0 Å². The number of fused-ring (bicyclic) bond motifs is 1. The van der Waals surface area contributed by atoms with Crippen LogP contribution in [-0.2, 0) is 19.4 Å². The normalized spacial score (nSPS) is 15.8. The second kappa shape index (κ2) is 3.28. The fraction of sp³-hybridized carbons (Fsp3) is 0.455. The molecule has 1 aliphatic heterocycles. The van der Waals surface area contributed by atoms with E-state index >= 15 is 0 Å². The van der Waals surface area contributed by atoms with E-state index in [9.17, 15) is 0 Å². The third kappa shape index (κ3) is 1.25. The topological polar surface area (TPSA) is 12.0 Å². The lowest BCUT2D eigenvalue weighted by Crippen LogP contribution is -2.24. The molecule has 1 heteroatoms. The molecule has 0 fully saturated rings. The minimum absolute atomic E-state index is 1.06. The van der Waals surface area contributed by atoms with Gasteiger partial charge in [-0.25, -0.2) is 0 Å². The van der Waals surface area contributed by atoms with Gasteiger partial charge in [-0.05, 0) is 36.1 Å². The average molecular weight is 161 g/mol. The maximum Gasteiger partial charge on any atom is 0.0208 e. The average Bonchev–Trinajstić information content (AvgIpc) is 2.17. The van der Waals surface area contributed by atoms with E-state index in [0.29, 0.717) is 0 Å². The Morgan fingerprint density at radius 1 is 1.42 bits per heavy atom. The molecule has 2 rings (SSSR count). The van der Waals surface area contributed by atoms with Crippen LogP contribution in [-0.4, -0.2) is 6.54 Å². The van der Waals surface area contributed by atoms with Crippen LogP contribution >= 0.6 is 0 Å². The fourth-order valence-electron chi connectivity index (χ4n) is 1.94. The summed E-state index contributed by atoms with van der Waals surface area (Å²) in [6, 6.07) is 6.66. The Bertz CT molecular complexity index is 264. The quantitative estimate of drug-likeness (QED) is 0.663. The van der Waals surface area contributed by atoms with Crippen molar-refractivity contribution >= 4 is 0 Å². The van der Waals surface area contributed by atoms with Crippen LogP contribution in [0.15, 0.2) is 18.2 Å². The van der Waals surface area contributed by atoms with Gasteiger partial charge in [-0.3, -0.25) is 0 Å². The molecular formula is C11H15N. The van der Waals surface area contributed by atoms with Crippen LogP contribution in [0.2, 0.25) is 0 Å². The van der Waals surface area contributed by atoms with E-state index in [1.54, 1.807) is 5.56 Å². The van der Waals surface area contributed by atoms with Gasteiger partial charge in [-0.1, -0.05) is 25.1 Å². The summed E-state index contributed by atoms with van der Waals surface area (Å²) in [4.78, 5) is 0. The van der Waals surface area contributed by atoms with Crippen molar-refractivity contribution in [3.8, 4) is 0 Å². The second-order valence-electron chi connectivity index (χ2n) is 3.34. The lowest BCUT2D eigenvalue weighted by Gasteiger charge is -2.19. The Morgan fingerprint density at radius 3 is 3.17 bits per heavy atom. The zero-order valence-corrected chi connectivity index (χ0v) is 7.56. The second-order valence-corrected chi connectivity index (χ2v) is 3.34. The number of benzene rings is 1. The first kappa shape index (κ1) is 7.81. The summed E-state index contributed by atoms with van der Waals surface area (Å²) in [5.74, 6) is 0. The van der Waals surface area contributed by atoms with Crippen LogP contribution in [0.5, 0.6) is 0 Å². The van der Waals surface area contributed by atoms with Gasteiger partial charge in [0.25, 0.3) is 0 Å². The Kier molecular flexibility index (Phi) is 2.13. The molecular weight excluding hydrogens is 146 g/mol. The highest BCUT2D eigenvalue weighted by molar-refractivity contribution is 5.36. The third-order valence-corrected chi connectivity index (χ3v) is 2.62. The van der Waals surface area contributed by atoms with Gasteiger partial charge in [-0.2, -0.15) is 0 Å². The zero-order valence-electron chi connectivity index (χ0n) is 7.56. The molecule has 0 bridgehead atoms. The minimum Gasteiger partial charge on any atom is -0.312 e. The summed E-state index contributed by atoms with van der Waals surface area (Å²) in [7, 11) is 0. The van der Waals surface area contributed by atoms with Crippen LogP contribution in [0.25, 0.3) is 0 Å². The number of rotatable bonds is 1. The summed E-state index contributed by atoms with van der Waals surface area (Å²) in [5, 5.41) is 3.39. The molecule has 1 N–H and O–H groups in total. The molecule has 0 saturated heterocycles. The first-order valence-electron chi connectivity index (χ1n) is 4.72. The number of hydrogen-bond donors (Lipinski definition) is 1. The van der Waals surface area contributed by atoms with Gasteiger partial charge in [0.15, 0.2) is 0 Å². The zero-order chi connectivity index (χ0) is 8.39. The smallest absolute Gasteiger partial charge is 0.0208 e. The Hall–Kier alpha value is -0.820. The minimum atomic E-state index is 1.06. The largest absolute Gasteiger partial charge is 0.312 e. The molecule has 0 unspecified atom stereocenters. The van der Waals surface area contributed by atoms with E-state index < -0.39 is 0 Å². The van der Waals surface area contributed by atoms with E-state index in [4.69, 9.17) is 0 Å². The van der Waals surface area contributed by atoms with E-state index in [1.807, 2.05) is 0 Å². The van der Waals surface area contributed by atoms with Gasteiger partial charge in [0.1, 0.15) is 0 Å². The van der Waals surface area contributed by atoms with Gasteiger partial charge in [0.2, 0.25) is 0 Å². The van der Waals surface area contributed by atoms with Crippen molar-refractivity contribution in [2.24, 2.45) is 0 Å². The summed E-state index contributed by atoms with van der Waals surface area (Å²) in [6.45, 7) is 4.44. The molecule has 0 aromatic heterocycles. The number of nitrogens with one attached hydrogen (secondary N) is 1. The molecule has 12 heavy (non-hydrogen) atoms. The van der Waals surface area contributed by atoms with Crippen molar-refractivity contribution in [2.45, 2.75) is 26.3 Å². The highest BCUT2D eigenvalue weighted by Crippen LogP contribution is 2.18. The van der Waals surface area contributed by atoms with Gasteiger partial charge < -0.3 is 5.32 Å². The van der Waals surface area contributed by atoms with Crippen LogP contribution in [0.3, 0.4) is 0 Å². The fourth-order valence-corrected chi connectivity index (χ4v) is 1.94. The Labute approximate surface area is 73.8 Å². The first-order chi connectivity index (χ1) is 5.92.